The number of piperidine rings is 1. The van der Waals surface area contributed by atoms with E-state index < -0.39 is 0 Å². The Balaban J connectivity index is 0.00000392. The van der Waals surface area contributed by atoms with E-state index in [0.717, 1.165) is 50.6 Å². The molecule has 0 aliphatic carbocycles. The molecule has 1 fully saturated rings. The number of hydrogen-bond donors (Lipinski definition) is 1. The summed E-state index contributed by atoms with van der Waals surface area (Å²) in [5.74, 6) is 1.78. The normalized spacial score (nSPS) is 15.0. The van der Waals surface area contributed by atoms with Gasteiger partial charge in [-0.05, 0) is 45.7 Å². The van der Waals surface area contributed by atoms with Crippen molar-refractivity contribution in [2.24, 2.45) is 10.9 Å². The zero-order valence-electron chi connectivity index (χ0n) is 17.3. The summed E-state index contributed by atoms with van der Waals surface area (Å²) in [6, 6.07) is 8.10. The van der Waals surface area contributed by atoms with Crippen molar-refractivity contribution in [1.29, 1.82) is 0 Å². The van der Waals surface area contributed by atoms with Crippen molar-refractivity contribution < 1.29 is 14.3 Å². The Hall–Kier alpha value is -1.51. The highest BCUT2D eigenvalue weighted by Crippen LogP contribution is 2.19. The molecule has 0 unspecified atom stereocenters. The Bertz CT molecular complexity index is 599. The molecule has 1 aliphatic heterocycles. The number of aryl methyl sites for hydroxylation is 1. The summed E-state index contributed by atoms with van der Waals surface area (Å²) in [6.07, 6.45) is 2.50. The van der Waals surface area contributed by atoms with Gasteiger partial charge in [0.25, 0.3) is 0 Å². The minimum absolute atomic E-state index is 0. The van der Waals surface area contributed by atoms with Crippen LogP contribution >= 0.6 is 24.0 Å². The van der Waals surface area contributed by atoms with Crippen LogP contribution in [0.2, 0.25) is 0 Å². The molecule has 7 heteroatoms. The summed E-state index contributed by atoms with van der Waals surface area (Å²) in [5.41, 5.74) is 1.23. The number of likely N-dealkylation sites (tertiary alicyclic amines) is 1. The zero-order valence-corrected chi connectivity index (χ0v) is 19.6. The van der Waals surface area contributed by atoms with Gasteiger partial charge in [0.1, 0.15) is 5.75 Å². The van der Waals surface area contributed by atoms with Gasteiger partial charge in [-0.2, -0.15) is 0 Å². The largest absolute Gasteiger partial charge is 0.494 e. The minimum Gasteiger partial charge on any atom is -0.494 e. The van der Waals surface area contributed by atoms with Gasteiger partial charge in [-0.25, -0.2) is 0 Å². The van der Waals surface area contributed by atoms with Gasteiger partial charge in [0.05, 0.1) is 19.1 Å². The van der Waals surface area contributed by atoms with Gasteiger partial charge in [0.2, 0.25) is 0 Å². The molecule has 1 aromatic rings. The first kappa shape index (κ1) is 24.5. The molecule has 1 heterocycles. The van der Waals surface area contributed by atoms with Crippen LogP contribution in [0.1, 0.15) is 38.7 Å². The molecular weight excluding hydrogens is 469 g/mol. The van der Waals surface area contributed by atoms with Crippen molar-refractivity contribution >= 4 is 35.9 Å². The smallest absolute Gasteiger partial charge is 0.309 e. The molecule has 0 atom stereocenters. The number of guanidine groups is 1. The second kappa shape index (κ2) is 13.6. The molecule has 1 aromatic carbocycles. The molecule has 0 saturated carbocycles. The Morgan fingerprint density at radius 1 is 1.21 bits per heavy atom. The lowest BCUT2D eigenvalue weighted by Gasteiger charge is -2.33. The fourth-order valence-corrected chi connectivity index (χ4v) is 3.09. The molecule has 0 spiro atoms. The number of carbonyl (C=O) groups excluding carboxylic acids is 1. The third-order valence-electron chi connectivity index (χ3n) is 4.60. The number of nitrogens with zero attached hydrogens (tertiary/aromatic N) is 2. The number of rotatable bonds is 8. The van der Waals surface area contributed by atoms with E-state index >= 15 is 0 Å². The molecule has 6 nitrogen and oxygen atoms in total. The summed E-state index contributed by atoms with van der Waals surface area (Å²) < 4.78 is 10.9. The molecule has 1 aliphatic rings. The van der Waals surface area contributed by atoms with Crippen LogP contribution in [0.15, 0.2) is 29.3 Å². The van der Waals surface area contributed by atoms with E-state index in [1.165, 1.54) is 5.56 Å². The van der Waals surface area contributed by atoms with Crippen LogP contribution in [-0.2, 0) is 9.53 Å². The average molecular weight is 503 g/mol. The lowest BCUT2D eigenvalue weighted by atomic mass is 9.97. The Kier molecular flexibility index (Phi) is 11.9. The second-order valence-corrected chi connectivity index (χ2v) is 6.76. The van der Waals surface area contributed by atoms with Gasteiger partial charge in [0.15, 0.2) is 5.96 Å². The van der Waals surface area contributed by atoms with Crippen LogP contribution in [0, 0.1) is 12.8 Å². The topological polar surface area (TPSA) is 63.2 Å². The van der Waals surface area contributed by atoms with E-state index in [9.17, 15) is 4.79 Å². The number of ether oxygens (including phenoxy) is 2. The maximum Gasteiger partial charge on any atom is 0.309 e. The van der Waals surface area contributed by atoms with E-state index in [2.05, 4.69) is 36.2 Å². The molecule has 0 amide bonds. The van der Waals surface area contributed by atoms with Crippen molar-refractivity contribution in [3.8, 4) is 5.75 Å². The fourth-order valence-electron chi connectivity index (χ4n) is 3.09. The average Bonchev–Trinajstić information content (AvgIpc) is 2.68. The molecule has 1 N–H and O–H groups in total. The van der Waals surface area contributed by atoms with Gasteiger partial charge in [-0.1, -0.05) is 17.7 Å². The lowest BCUT2D eigenvalue weighted by Crippen LogP contribution is -2.46. The molecular formula is C21H34IN3O3. The van der Waals surface area contributed by atoms with E-state index in [4.69, 9.17) is 14.5 Å². The Morgan fingerprint density at radius 3 is 2.50 bits per heavy atom. The molecule has 1 saturated heterocycles. The molecule has 0 aromatic heterocycles. The fraction of sp³-hybridized carbons (Fsp3) is 0.619. The highest BCUT2D eigenvalue weighted by molar-refractivity contribution is 14.0. The standard InChI is InChI=1S/C21H33N3O3.HI/c1-4-22-21(24-14-11-18(12-15-24)20(25)26-5-2)23-13-6-16-27-19-9-7-17(3)8-10-19;/h7-10,18H,4-6,11-16H2,1-3H3,(H,22,23);1H. The first-order valence-electron chi connectivity index (χ1n) is 10.0. The second-order valence-electron chi connectivity index (χ2n) is 6.76. The van der Waals surface area contributed by atoms with Crippen molar-refractivity contribution in [2.75, 3.05) is 39.4 Å². The van der Waals surface area contributed by atoms with Gasteiger partial charge in [-0.3, -0.25) is 9.79 Å². The summed E-state index contributed by atoms with van der Waals surface area (Å²) in [7, 11) is 0. The van der Waals surface area contributed by atoms with E-state index in [-0.39, 0.29) is 35.9 Å². The third-order valence-corrected chi connectivity index (χ3v) is 4.60. The molecule has 0 radical (unpaired) electrons. The van der Waals surface area contributed by atoms with Crippen LogP contribution in [0.4, 0.5) is 0 Å². The highest BCUT2D eigenvalue weighted by Gasteiger charge is 2.27. The SMILES string of the molecule is CCNC(=NCCCOc1ccc(C)cc1)N1CCC(C(=O)OCC)CC1.I. The molecule has 158 valence electrons. The minimum atomic E-state index is -0.0626. The van der Waals surface area contributed by atoms with Crippen molar-refractivity contribution in [1.82, 2.24) is 10.2 Å². The predicted molar refractivity (Wildman–Crippen MR) is 124 cm³/mol. The maximum absolute atomic E-state index is 11.9. The number of halogens is 1. The molecule has 28 heavy (non-hydrogen) atoms. The number of carbonyl (C=O) groups is 1. The summed E-state index contributed by atoms with van der Waals surface area (Å²) in [4.78, 5) is 18.8. The highest BCUT2D eigenvalue weighted by atomic mass is 127. The number of hydrogen-bond acceptors (Lipinski definition) is 4. The Morgan fingerprint density at radius 2 is 1.89 bits per heavy atom. The van der Waals surface area contributed by atoms with E-state index in [1.54, 1.807) is 0 Å². The zero-order chi connectivity index (χ0) is 19.5. The summed E-state index contributed by atoms with van der Waals surface area (Å²) >= 11 is 0. The molecule has 2 rings (SSSR count). The van der Waals surface area contributed by atoms with E-state index in [0.29, 0.717) is 19.8 Å². The third kappa shape index (κ3) is 8.24. The first-order chi connectivity index (χ1) is 13.1. The van der Waals surface area contributed by atoms with Crippen molar-refractivity contribution in [3.05, 3.63) is 29.8 Å². The van der Waals surface area contributed by atoms with Crippen LogP contribution < -0.4 is 10.1 Å². The Labute approximate surface area is 186 Å². The van der Waals surface area contributed by atoms with Crippen molar-refractivity contribution in [2.45, 2.75) is 40.0 Å². The summed E-state index contributed by atoms with van der Waals surface area (Å²) in [5, 5.41) is 3.36. The van der Waals surface area contributed by atoms with Gasteiger partial charge < -0.3 is 19.7 Å². The van der Waals surface area contributed by atoms with Crippen LogP contribution in [0.25, 0.3) is 0 Å². The first-order valence-corrected chi connectivity index (χ1v) is 10.0. The number of aliphatic imine (C=N–C) groups is 1. The van der Waals surface area contributed by atoms with E-state index in [1.807, 2.05) is 19.1 Å². The predicted octanol–water partition coefficient (Wildman–Crippen LogP) is 3.62. The van der Waals surface area contributed by atoms with Gasteiger partial charge in [-0.15, -0.1) is 24.0 Å². The number of benzene rings is 1. The van der Waals surface area contributed by atoms with Crippen molar-refractivity contribution in [3.63, 3.8) is 0 Å². The lowest BCUT2D eigenvalue weighted by molar-refractivity contribution is -0.149. The maximum atomic E-state index is 11.9. The molecule has 0 bridgehead atoms. The summed E-state index contributed by atoms with van der Waals surface area (Å²) in [6.45, 7) is 10.3. The quantitative estimate of drug-likeness (QED) is 0.193. The monoisotopic (exact) mass is 503 g/mol. The van der Waals surface area contributed by atoms with Gasteiger partial charge >= 0.3 is 5.97 Å². The van der Waals surface area contributed by atoms with Crippen LogP contribution in [0.5, 0.6) is 5.75 Å². The number of esters is 1. The van der Waals surface area contributed by atoms with Crippen LogP contribution in [0.3, 0.4) is 0 Å². The van der Waals surface area contributed by atoms with Gasteiger partial charge in [0, 0.05) is 32.6 Å². The van der Waals surface area contributed by atoms with Crippen LogP contribution in [-0.4, -0.2) is 56.2 Å². The number of nitrogens with one attached hydrogen (secondary N) is 1.